The first-order valence-corrected chi connectivity index (χ1v) is 6.18. The number of carbonyl (C=O) groups is 1. The number of nitro benzene ring substituents is 1. The van der Waals surface area contributed by atoms with Gasteiger partial charge in [0.2, 0.25) is 0 Å². The molecule has 2 aromatic carbocycles. The largest absolute Gasteiger partial charge is 0.484 e. The van der Waals surface area contributed by atoms with Crippen LogP contribution in [-0.4, -0.2) is 17.4 Å². The smallest absolute Gasteiger partial charge is 0.269 e. The molecule has 23 heavy (non-hydrogen) atoms. The van der Waals surface area contributed by atoms with Crippen molar-refractivity contribution in [2.24, 2.45) is 0 Å². The normalized spacial score (nSPS) is 10.2. The molecule has 0 unspecified atom stereocenters. The first kappa shape index (κ1) is 16.3. The molecule has 0 saturated heterocycles. The summed E-state index contributed by atoms with van der Waals surface area (Å²) in [6.07, 6.45) is 0. The molecule has 0 aliphatic carbocycles. The van der Waals surface area contributed by atoms with Gasteiger partial charge in [-0.1, -0.05) is 0 Å². The maximum Gasteiger partial charge on any atom is 0.269 e. The number of anilines is 1. The molecule has 0 atom stereocenters. The van der Waals surface area contributed by atoms with Gasteiger partial charge < -0.3 is 10.1 Å². The summed E-state index contributed by atoms with van der Waals surface area (Å²) in [5.74, 6) is -4.45. The predicted molar refractivity (Wildman–Crippen MR) is 73.5 cm³/mol. The zero-order valence-corrected chi connectivity index (χ0v) is 11.4. The van der Waals surface area contributed by atoms with Crippen LogP contribution in [0.2, 0.25) is 0 Å². The lowest BCUT2D eigenvalue weighted by Gasteiger charge is -2.08. The predicted octanol–water partition coefficient (Wildman–Crippen LogP) is 3.03. The summed E-state index contributed by atoms with van der Waals surface area (Å²) in [5.41, 5.74) is -0.674. The van der Waals surface area contributed by atoms with Gasteiger partial charge in [0.05, 0.1) is 10.6 Å². The van der Waals surface area contributed by atoms with E-state index in [9.17, 15) is 28.1 Å². The average molecular weight is 326 g/mol. The van der Waals surface area contributed by atoms with Gasteiger partial charge in [-0.15, -0.1) is 0 Å². The molecule has 0 aromatic heterocycles. The molecular formula is C14H9F3N2O4. The van der Waals surface area contributed by atoms with E-state index in [1.54, 1.807) is 0 Å². The number of benzene rings is 2. The van der Waals surface area contributed by atoms with Crippen LogP contribution in [0, 0.1) is 27.6 Å². The monoisotopic (exact) mass is 326 g/mol. The molecule has 0 heterocycles. The lowest BCUT2D eigenvalue weighted by atomic mass is 10.3. The van der Waals surface area contributed by atoms with Gasteiger partial charge in [0.1, 0.15) is 11.6 Å². The third-order valence-corrected chi connectivity index (χ3v) is 2.70. The molecule has 0 bridgehead atoms. The molecule has 2 rings (SSSR count). The molecule has 0 spiro atoms. The van der Waals surface area contributed by atoms with Crippen LogP contribution in [0.1, 0.15) is 0 Å². The summed E-state index contributed by atoms with van der Waals surface area (Å²) >= 11 is 0. The fourth-order valence-corrected chi connectivity index (χ4v) is 1.62. The second kappa shape index (κ2) is 6.77. The van der Waals surface area contributed by atoms with Crippen molar-refractivity contribution < 1.29 is 27.6 Å². The van der Waals surface area contributed by atoms with Gasteiger partial charge in [0.25, 0.3) is 11.6 Å². The lowest BCUT2D eigenvalue weighted by molar-refractivity contribution is -0.384. The molecule has 6 nitrogen and oxygen atoms in total. The van der Waals surface area contributed by atoms with Crippen molar-refractivity contribution in [2.45, 2.75) is 0 Å². The van der Waals surface area contributed by atoms with Crippen molar-refractivity contribution in [3.8, 4) is 5.75 Å². The maximum absolute atomic E-state index is 13.3. The first-order chi connectivity index (χ1) is 10.9. The Morgan fingerprint density at radius 2 is 1.70 bits per heavy atom. The third-order valence-electron chi connectivity index (χ3n) is 2.70. The van der Waals surface area contributed by atoms with E-state index in [0.29, 0.717) is 12.1 Å². The van der Waals surface area contributed by atoms with Crippen LogP contribution in [0.3, 0.4) is 0 Å². The number of amides is 1. The Labute approximate surface area is 127 Å². The Balaban J connectivity index is 1.95. The van der Waals surface area contributed by atoms with Crippen molar-refractivity contribution in [1.29, 1.82) is 0 Å². The highest BCUT2D eigenvalue weighted by Gasteiger charge is 2.13. The summed E-state index contributed by atoms with van der Waals surface area (Å²) in [6, 6.07) is 5.74. The number of ether oxygens (including phenoxy) is 1. The summed E-state index contributed by atoms with van der Waals surface area (Å²) in [4.78, 5) is 21.5. The number of nitro groups is 1. The van der Waals surface area contributed by atoms with Crippen LogP contribution in [-0.2, 0) is 4.79 Å². The van der Waals surface area contributed by atoms with Crippen molar-refractivity contribution in [1.82, 2.24) is 0 Å². The minimum absolute atomic E-state index is 0.148. The fourth-order valence-electron chi connectivity index (χ4n) is 1.62. The van der Waals surface area contributed by atoms with Gasteiger partial charge in [0.15, 0.2) is 18.2 Å². The maximum atomic E-state index is 13.3. The molecule has 0 fully saturated rings. The average Bonchev–Trinajstić information content (AvgIpc) is 2.51. The minimum atomic E-state index is -1.37. The Morgan fingerprint density at radius 1 is 1.09 bits per heavy atom. The van der Waals surface area contributed by atoms with Crippen molar-refractivity contribution in [2.75, 3.05) is 11.9 Å². The highest BCUT2D eigenvalue weighted by molar-refractivity contribution is 5.92. The topological polar surface area (TPSA) is 81.5 Å². The van der Waals surface area contributed by atoms with Gasteiger partial charge in [-0.2, -0.15) is 0 Å². The Kier molecular flexibility index (Phi) is 4.79. The van der Waals surface area contributed by atoms with E-state index in [4.69, 9.17) is 4.74 Å². The molecule has 9 heteroatoms. The molecule has 120 valence electrons. The molecule has 0 aliphatic heterocycles. The van der Waals surface area contributed by atoms with Crippen LogP contribution in [0.15, 0.2) is 36.4 Å². The van der Waals surface area contributed by atoms with Gasteiger partial charge in [-0.25, -0.2) is 13.2 Å². The van der Waals surface area contributed by atoms with E-state index in [1.807, 2.05) is 5.32 Å². The first-order valence-electron chi connectivity index (χ1n) is 6.18. The van der Waals surface area contributed by atoms with Crippen LogP contribution in [0.5, 0.6) is 5.75 Å². The van der Waals surface area contributed by atoms with Gasteiger partial charge >= 0.3 is 0 Å². The third kappa shape index (κ3) is 4.19. The molecule has 0 radical (unpaired) electrons. The van der Waals surface area contributed by atoms with Crippen LogP contribution in [0.4, 0.5) is 24.5 Å². The van der Waals surface area contributed by atoms with Crippen molar-refractivity contribution in [3.05, 3.63) is 64.0 Å². The van der Waals surface area contributed by atoms with Crippen molar-refractivity contribution >= 4 is 17.3 Å². The summed E-state index contributed by atoms with van der Waals surface area (Å²) in [5, 5.41) is 12.5. The van der Waals surface area contributed by atoms with E-state index < -0.39 is 40.6 Å². The fraction of sp³-hybridized carbons (Fsp3) is 0.0714. The van der Waals surface area contributed by atoms with Crippen LogP contribution >= 0.6 is 0 Å². The number of nitrogens with one attached hydrogen (secondary N) is 1. The number of hydrogen-bond donors (Lipinski definition) is 1. The highest BCUT2D eigenvalue weighted by Crippen LogP contribution is 2.19. The molecule has 0 aliphatic rings. The number of nitrogens with zero attached hydrogens (tertiary/aromatic N) is 1. The quantitative estimate of drug-likeness (QED) is 0.520. The van der Waals surface area contributed by atoms with E-state index >= 15 is 0 Å². The lowest BCUT2D eigenvalue weighted by Crippen LogP contribution is -2.21. The number of hydrogen-bond acceptors (Lipinski definition) is 4. The van der Waals surface area contributed by atoms with E-state index in [0.717, 1.165) is 0 Å². The zero-order valence-electron chi connectivity index (χ0n) is 11.4. The Hall–Kier alpha value is -3.10. The van der Waals surface area contributed by atoms with Gasteiger partial charge in [-0.3, -0.25) is 14.9 Å². The van der Waals surface area contributed by atoms with Crippen molar-refractivity contribution in [3.63, 3.8) is 0 Å². The van der Waals surface area contributed by atoms with Gasteiger partial charge in [-0.05, 0) is 12.1 Å². The number of carbonyl (C=O) groups excluding carboxylic acids is 1. The highest BCUT2D eigenvalue weighted by atomic mass is 19.2. The zero-order chi connectivity index (χ0) is 17.0. The Morgan fingerprint density at radius 3 is 2.30 bits per heavy atom. The summed E-state index contributed by atoms with van der Waals surface area (Å²) < 4.78 is 44.1. The number of halogens is 3. The van der Waals surface area contributed by atoms with E-state index in [-0.39, 0.29) is 11.4 Å². The van der Waals surface area contributed by atoms with Crippen LogP contribution < -0.4 is 10.1 Å². The van der Waals surface area contributed by atoms with E-state index in [2.05, 4.69) is 0 Å². The van der Waals surface area contributed by atoms with E-state index in [1.165, 1.54) is 24.3 Å². The molecule has 1 N–H and O–H groups in total. The number of non-ortho nitro benzene ring substituents is 1. The molecular weight excluding hydrogens is 317 g/mol. The second-order valence-corrected chi connectivity index (χ2v) is 4.33. The number of rotatable bonds is 5. The minimum Gasteiger partial charge on any atom is -0.484 e. The van der Waals surface area contributed by atoms with Gasteiger partial charge in [0, 0.05) is 24.3 Å². The SMILES string of the molecule is O=C(COc1ccc([N+](=O)[O-])cc1)Nc1cc(F)c(F)cc1F. The molecule has 2 aromatic rings. The molecule has 1 amide bonds. The van der Waals surface area contributed by atoms with Crippen LogP contribution in [0.25, 0.3) is 0 Å². The standard InChI is InChI=1S/C14H9F3N2O4/c15-10-5-12(17)13(6-11(10)16)18-14(20)7-23-9-3-1-8(2-4-9)19(21)22/h1-6H,7H2,(H,18,20). The molecule has 0 saturated carbocycles. The summed E-state index contributed by atoms with van der Waals surface area (Å²) in [6.45, 7) is -0.545. The Bertz CT molecular complexity index is 750. The summed E-state index contributed by atoms with van der Waals surface area (Å²) in [7, 11) is 0. The second-order valence-electron chi connectivity index (χ2n) is 4.33.